The number of ether oxygens (including phenoxy) is 1. The molecule has 4 rings (SSSR count). The van der Waals surface area contributed by atoms with Gasteiger partial charge in [-0.15, -0.1) is 0 Å². The summed E-state index contributed by atoms with van der Waals surface area (Å²) in [6.45, 7) is 2.57. The predicted molar refractivity (Wildman–Crippen MR) is 121 cm³/mol. The molecule has 0 radical (unpaired) electrons. The molecule has 0 aliphatic carbocycles. The highest BCUT2D eigenvalue weighted by atomic mass is 19.1. The van der Waals surface area contributed by atoms with Crippen molar-refractivity contribution >= 4 is 11.6 Å². The van der Waals surface area contributed by atoms with Gasteiger partial charge in [0.05, 0.1) is 0 Å². The number of pyridine rings is 1. The highest BCUT2D eigenvalue weighted by Crippen LogP contribution is 2.20. The van der Waals surface area contributed by atoms with Crippen molar-refractivity contribution in [3.05, 3.63) is 84.3 Å². The molecule has 0 spiro atoms. The van der Waals surface area contributed by atoms with Gasteiger partial charge in [-0.05, 0) is 48.4 Å². The molecule has 1 saturated heterocycles. The molecule has 1 aliphatic rings. The Morgan fingerprint density at radius 2 is 1.94 bits per heavy atom. The Hall–Kier alpha value is -3.61. The van der Waals surface area contributed by atoms with Crippen LogP contribution in [-0.4, -0.2) is 37.1 Å². The molecule has 1 aromatic heterocycles. The van der Waals surface area contributed by atoms with E-state index in [2.05, 4.69) is 49.8 Å². The van der Waals surface area contributed by atoms with E-state index in [1.54, 1.807) is 31.4 Å². The molecule has 0 saturated carbocycles. The second kappa shape index (κ2) is 9.93. The summed E-state index contributed by atoms with van der Waals surface area (Å²) in [6.07, 6.45) is 2.82. The minimum Gasteiger partial charge on any atom is -0.439 e. The third kappa shape index (κ3) is 5.72. The van der Waals surface area contributed by atoms with Gasteiger partial charge in [0.2, 0.25) is 5.88 Å². The van der Waals surface area contributed by atoms with Crippen molar-refractivity contribution < 1.29 is 9.13 Å². The molecule has 0 amide bonds. The molecular weight excluding hydrogens is 393 g/mol. The predicted octanol–water partition coefficient (Wildman–Crippen LogP) is 3.96. The molecule has 3 aromatic rings. The summed E-state index contributed by atoms with van der Waals surface area (Å²) in [5.74, 6) is 1.48. The van der Waals surface area contributed by atoms with E-state index in [-0.39, 0.29) is 5.82 Å². The first-order valence-electron chi connectivity index (χ1n) is 10.3. The van der Waals surface area contributed by atoms with Crippen molar-refractivity contribution in [1.29, 1.82) is 0 Å². The topological polar surface area (TPSA) is 61.8 Å². The van der Waals surface area contributed by atoms with E-state index in [0.717, 1.165) is 31.0 Å². The van der Waals surface area contributed by atoms with E-state index >= 15 is 0 Å². The number of hydrogen-bond donors (Lipinski definition) is 2. The molecule has 1 atom stereocenters. The SMILES string of the molecule is CN=C(NCc1ccc(Oc2ccc(F)cc2)nc1)NC1CCN(c2ccccc2)C1. The number of guanidine groups is 1. The lowest BCUT2D eigenvalue weighted by molar-refractivity contribution is 0.461. The number of nitrogens with zero attached hydrogens (tertiary/aromatic N) is 3. The Morgan fingerprint density at radius 3 is 2.65 bits per heavy atom. The van der Waals surface area contributed by atoms with E-state index < -0.39 is 0 Å². The summed E-state index contributed by atoms with van der Waals surface area (Å²) in [7, 11) is 1.77. The number of hydrogen-bond acceptors (Lipinski definition) is 4. The van der Waals surface area contributed by atoms with Crippen LogP contribution >= 0.6 is 0 Å². The maximum atomic E-state index is 13.0. The zero-order chi connectivity index (χ0) is 21.5. The van der Waals surface area contributed by atoms with Crippen LogP contribution in [0.15, 0.2) is 77.9 Å². The van der Waals surface area contributed by atoms with Crippen LogP contribution in [0, 0.1) is 5.82 Å². The van der Waals surface area contributed by atoms with Crippen LogP contribution in [0.5, 0.6) is 11.6 Å². The van der Waals surface area contributed by atoms with E-state index in [0.29, 0.717) is 24.2 Å². The lowest BCUT2D eigenvalue weighted by Gasteiger charge is -2.20. The summed E-state index contributed by atoms with van der Waals surface area (Å²) in [5.41, 5.74) is 2.26. The van der Waals surface area contributed by atoms with Gasteiger partial charge >= 0.3 is 0 Å². The Morgan fingerprint density at radius 1 is 1.13 bits per heavy atom. The van der Waals surface area contributed by atoms with Crippen LogP contribution in [-0.2, 0) is 6.54 Å². The summed E-state index contributed by atoms with van der Waals surface area (Å²) in [5, 5.41) is 6.85. The number of aromatic nitrogens is 1. The Bertz CT molecular complexity index is 993. The first kappa shape index (κ1) is 20.7. The molecule has 2 N–H and O–H groups in total. The highest BCUT2D eigenvalue weighted by Gasteiger charge is 2.23. The largest absolute Gasteiger partial charge is 0.439 e. The van der Waals surface area contributed by atoms with Crippen molar-refractivity contribution in [2.24, 2.45) is 4.99 Å². The Labute approximate surface area is 181 Å². The summed E-state index contributed by atoms with van der Waals surface area (Å²) >= 11 is 0. The van der Waals surface area contributed by atoms with Gasteiger partial charge in [-0.1, -0.05) is 24.3 Å². The fourth-order valence-electron chi connectivity index (χ4n) is 3.52. The zero-order valence-electron chi connectivity index (χ0n) is 17.5. The van der Waals surface area contributed by atoms with Gasteiger partial charge in [-0.25, -0.2) is 9.37 Å². The van der Waals surface area contributed by atoms with Crippen molar-refractivity contribution in [1.82, 2.24) is 15.6 Å². The molecule has 1 fully saturated rings. The van der Waals surface area contributed by atoms with Crippen LogP contribution < -0.4 is 20.3 Å². The number of benzene rings is 2. The smallest absolute Gasteiger partial charge is 0.219 e. The highest BCUT2D eigenvalue weighted by molar-refractivity contribution is 5.80. The minimum atomic E-state index is -0.297. The second-order valence-electron chi connectivity index (χ2n) is 7.40. The fraction of sp³-hybridized carbons (Fsp3) is 0.250. The number of anilines is 1. The maximum absolute atomic E-state index is 13.0. The molecule has 1 aliphatic heterocycles. The first-order chi connectivity index (χ1) is 15.2. The second-order valence-corrected chi connectivity index (χ2v) is 7.40. The third-order valence-corrected chi connectivity index (χ3v) is 5.17. The number of aliphatic imine (C=N–C) groups is 1. The van der Waals surface area contributed by atoms with Gasteiger partial charge in [0.25, 0.3) is 0 Å². The van der Waals surface area contributed by atoms with E-state index in [1.807, 2.05) is 12.1 Å². The number of halogens is 1. The Kier molecular flexibility index (Phi) is 6.62. The van der Waals surface area contributed by atoms with Gasteiger partial charge < -0.3 is 20.3 Å². The fourth-order valence-corrected chi connectivity index (χ4v) is 3.52. The molecule has 0 bridgehead atoms. The standard InChI is InChI=1S/C24H26FN5O/c1-26-24(29-20-13-14-30(17-20)21-5-3-2-4-6-21)28-16-18-7-12-23(27-15-18)31-22-10-8-19(25)9-11-22/h2-12,15,20H,13-14,16-17H2,1H3,(H2,26,28,29). The monoisotopic (exact) mass is 419 g/mol. The van der Waals surface area contributed by atoms with Crippen LogP contribution in [0.3, 0.4) is 0 Å². The van der Waals surface area contributed by atoms with Crippen LogP contribution in [0.25, 0.3) is 0 Å². The van der Waals surface area contributed by atoms with E-state index in [4.69, 9.17) is 4.74 Å². The summed E-state index contributed by atoms with van der Waals surface area (Å²) < 4.78 is 18.6. The molecule has 2 heterocycles. The average Bonchev–Trinajstić information content (AvgIpc) is 3.28. The quantitative estimate of drug-likeness (QED) is 0.468. The molecule has 31 heavy (non-hydrogen) atoms. The summed E-state index contributed by atoms with van der Waals surface area (Å²) in [4.78, 5) is 11.1. The van der Waals surface area contributed by atoms with Gasteiger partial charge in [0.15, 0.2) is 5.96 Å². The average molecular weight is 420 g/mol. The number of nitrogens with one attached hydrogen (secondary N) is 2. The molecule has 7 heteroatoms. The van der Waals surface area contributed by atoms with Gasteiger partial charge in [0, 0.05) is 50.7 Å². The summed E-state index contributed by atoms with van der Waals surface area (Å²) in [6, 6.07) is 20.4. The lowest BCUT2D eigenvalue weighted by atomic mass is 10.2. The number of para-hydroxylation sites is 1. The van der Waals surface area contributed by atoms with Crippen molar-refractivity contribution in [3.63, 3.8) is 0 Å². The lowest BCUT2D eigenvalue weighted by Crippen LogP contribution is -2.44. The molecular formula is C24H26FN5O. The van der Waals surface area contributed by atoms with Crippen molar-refractivity contribution in [2.45, 2.75) is 19.0 Å². The van der Waals surface area contributed by atoms with E-state index in [9.17, 15) is 4.39 Å². The maximum Gasteiger partial charge on any atom is 0.219 e. The molecule has 6 nitrogen and oxygen atoms in total. The minimum absolute atomic E-state index is 0.297. The van der Waals surface area contributed by atoms with Crippen molar-refractivity contribution in [3.8, 4) is 11.6 Å². The van der Waals surface area contributed by atoms with Crippen LogP contribution in [0.2, 0.25) is 0 Å². The van der Waals surface area contributed by atoms with Gasteiger partial charge in [-0.3, -0.25) is 4.99 Å². The normalized spacial score (nSPS) is 16.3. The molecule has 160 valence electrons. The first-order valence-corrected chi connectivity index (χ1v) is 10.3. The zero-order valence-corrected chi connectivity index (χ0v) is 17.5. The number of rotatable bonds is 6. The van der Waals surface area contributed by atoms with Crippen LogP contribution in [0.4, 0.5) is 10.1 Å². The van der Waals surface area contributed by atoms with E-state index in [1.165, 1.54) is 17.8 Å². The van der Waals surface area contributed by atoms with Crippen molar-refractivity contribution in [2.75, 3.05) is 25.0 Å². The van der Waals surface area contributed by atoms with Crippen LogP contribution in [0.1, 0.15) is 12.0 Å². The third-order valence-electron chi connectivity index (χ3n) is 5.17. The van der Waals surface area contributed by atoms with Gasteiger partial charge in [-0.2, -0.15) is 0 Å². The Balaban J connectivity index is 1.25. The molecule has 1 unspecified atom stereocenters. The molecule has 2 aromatic carbocycles. The van der Waals surface area contributed by atoms with Gasteiger partial charge in [0.1, 0.15) is 11.6 Å².